The average molecular weight is 338 g/mol. The Morgan fingerprint density at radius 3 is 2.78 bits per heavy atom. The molecule has 2 rings (SSSR count). The predicted molar refractivity (Wildman–Crippen MR) is 86.2 cm³/mol. The first-order chi connectivity index (χ1) is 11.0. The summed E-state index contributed by atoms with van der Waals surface area (Å²) in [6.45, 7) is 3.83. The van der Waals surface area contributed by atoms with E-state index in [1.165, 1.54) is 25.3 Å². The van der Waals surface area contributed by atoms with Gasteiger partial charge in [0, 0.05) is 17.7 Å². The van der Waals surface area contributed by atoms with Crippen LogP contribution in [0.15, 0.2) is 18.2 Å². The monoisotopic (exact) mass is 337 g/mol. The largest absolute Gasteiger partial charge is 0.465 e. The van der Waals surface area contributed by atoms with Crippen LogP contribution >= 0.6 is 11.6 Å². The normalized spacial score (nSPS) is 10.5. The standard InChI is InChI=1S/C16H17ClFN3O2/c1-4-12-14(17)20-9(2)21-15(12)19-8-11-7-10(16(22)23-3)5-6-13(11)18/h5-7H,4,8H2,1-3H3,(H,19,20,21). The quantitative estimate of drug-likeness (QED) is 0.668. The number of carbonyl (C=O) groups excluding carboxylic acids is 1. The van der Waals surface area contributed by atoms with Gasteiger partial charge in [0.15, 0.2) is 0 Å². The summed E-state index contributed by atoms with van der Waals surface area (Å²) in [5.74, 6) is 0.160. The number of hydrogen-bond acceptors (Lipinski definition) is 5. The number of nitrogens with zero attached hydrogens (tertiary/aromatic N) is 2. The number of nitrogens with one attached hydrogen (secondary N) is 1. The molecular weight excluding hydrogens is 321 g/mol. The van der Waals surface area contributed by atoms with Gasteiger partial charge in [0.05, 0.1) is 12.7 Å². The summed E-state index contributed by atoms with van der Waals surface area (Å²) in [5, 5.41) is 3.44. The van der Waals surface area contributed by atoms with Crippen molar-refractivity contribution in [2.45, 2.75) is 26.8 Å². The zero-order chi connectivity index (χ0) is 17.0. The van der Waals surface area contributed by atoms with E-state index in [1.54, 1.807) is 6.92 Å². The topological polar surface area (TPSA) is 64.1 Å². The van der Waals surface area contributed by atoms with Crippen molar-refractivity contribution < 1.29 is 13.9 Å². The van der Waals surface area contributed by atoms with Gasteiger partial charge < -0.3 is 10.1 Å². The summed E-state index contributed by atoms with van der Waals surface area (Å²) >= 11 is 6.11. The van der Waals surface area contributed by atoms with Gasteiger partial charge in [-0.05, 0) is 31.5 Å². The predicted octanol–water partition coefficient (Wildman–Crippen LogP) is 3.54. The first-order valence-corrected chi connectivity index (χ1v) is 7.47. The molecule has 5 nitrogen and oxygen atoms in total. The van der Waals surface area contributed by atoms with Crippen molar-refractivity contribution in [1.82, 2.24) is 9.97 Å². The molecule has 122 valence electrons. The first-order valence-electron chi connectivity index (χ1n) is 7.09. The maximum atomic E-state index is 13.9. The minimum Gasteiger partial charge on any atom is -0.465 e. The highest BCUT2D eigenvalue weighted by atomic mass is 35.5. The highest BCUT2D eigenvalue weighted by Gasteiger charge is 2.13. The Hall–Kier alpha value is -2.21. The molecule has 0 unspecified atom stereocenters. The van der Waals surface area contributed by atoms with E-state index in [4.69, 9.17) is 11.6 Å². The second-order valence-electron chi connectivity index (χ2n) is 4.89. The SMILES string of the molecule is CCc1c(Cl)nc(C)nc1NCc1cc(C(=O)OC)ccc1F. The number of benzene rings is 1. The van der Waals surface area contributed by atoms with Gasteiger partial charge in [-0.25, -0.2) is 19.2 Å². The molecule has 1 N–H and O–H groups in total. The molecule has 0 fully saturated rings. The van der Waals surface area contributed by atoms with Gasteiger partial charge in [0.25, 0.3) is 0 Å². The van der Waals surface area contributed by atoms with E-state index in [1.807, 2.05) is 6.92 Å². The molecule has 0 radical (unpaired) electrons. The number of rotatable bonds is 5. The molecule has 0 aliphatic carbocycles. The molecule has 0 atom stereocenters. The molecular formula is C16H17ClFN3O2. The smallest absolute Gasteiger partial charge is 0.337 e. The third kappa shape index (κ3) is 3.96. The lowest BCUT2D eigenvalue weighted by Gasteiger charge is -2.13. The maximum Gasteiger partial charge on any atom is 0.337 e. The molecule has 0 bridgehead atoms. The number of halogens is 2. The maximum absolute atomic E-state index is 13.9. The number of hydrogen-bond donors (Lipinski definition) is 1. The fourth-order valence-electron chi connectivity index (χ4n) is 2.16. The van der Waals surface area contributed by atoms with Crippen LogP contribution in [0.25, 0.3) is 0 Å². The van der Waals surface area contributed by atoms with Crippen LogP contribution in [-0.2, 0) is 17.7 Å². The number of esters is 1. The Labute approximate surface area is 138 Å². The minimum absolute atomic E-state index is 0.163. The molecule has 23 heavy (non-hydrogen) atoms. The summed E-state index contributed by atoms with van der Waals surface area (Å²) < 4.78 is 18.6. The zero-order valence-electron chi connectivity index (χ0n) is 13.1. The van der Waals surface area contributed by atoms with Crippen molar-refractivity contribution in [1.29, 1.82) is 0 Å². The van der Waals surface area contributed by atoms with Crippen LogP contribution in [0.1, 0.15) is 34.2 Å². The molecule has 0 spiro atoms. The number of aryl methyl sites for hydroxylation is 1. The highest BCUT2D eigenvalue weighted by Crippen LogP contribution is 2.22. The average Bonchev–Trinajstić information content (AvgIpc) is 2.53. The van der Waals surface area contributed by atoms with Gasteiger partial charge in [0.1, 0.15) is 22.6 Å². The van der Waals surface area contributed by atoms with Crippen LogP contribution < -0.4 is 5.32 Å². The molecule has 0 amide bonds. The van der Waals surface area contributed by atoms with Crippen LogP contribution in [0.2, 0.25) is 5.15 Å². The van der Waals surface area contributed by atoms with Crippen molar-refractivity contribution in [2.24, 2.45) is 0 Å². The van der Waals surface area contributed by atoms with E-state index >= 15 is 0 Å². The third-order valence-corrected chi connectivity index (χ3v) is 3.65. The van der Waals surface area contributed by atoms with Gasteiger partial charge in [0.2, 0.25) is 0 Å². The second-order valence-corrected chi connectivity index (χ2v) is 5.25. The Bertz CT molecular complexity index is 738. The summed E-state index contributed by atoms with van der Waals surface area (Å²) in [5.41, 5.74) is 1.39. The molecule has 0 saturated heterocycles. The summed E-state index contributed by atoms with van der Waals surface area (Å²) in [4.78, 5) is 19.9. The van der Waals surface area contributed by atoms with Crippen molar-refractivity contribution >= 4 is 23.4 Å². The molecule has 1 aromatic heterocycles. The third-order valence-electron chi connectivity index (χ3n) is 3.34. The van der Waals surface area contributed by atoms with Crippen LogP contribution in [0, 0.1) is 12.7 Å². The lowest BCUT2D eigenvalue weighted by Crippen LogP contribution is -2.10. The Balaban J connectivity index is 2.26. The number of methoxy groups -OCH3 is 1. The van der Waals surface area contributed by atoms with Crippen molar-refractivity contribution in [3.63, 3.8) is 0 Å². The number of carbonyl (C=O) groups is 1. The minimum atomic E-state index is -0.513. The molecule has 0 aliphatic heterocycles. The number of ether oxygens (including phenoxy) is 1. The van der Waals surface area contributed by atoms with Crippen molar-refractivity contribution in [3.05, 3.63) is 51.7 Å². The molecule has 0 aliphatic rings. The van der Waals surface area contributed by atoms with E-state index in [9.17, 15) is 9.18 Å². The van der Waals surface area contributed by atoms with Crippen LogP contribution in [0.4, 0.5) is 10.2 Å². The molecule has 2 aromatic rings. The van der Waals surface area contributed by atoms with Crippen LogP contribution in [-0.4, -0.2) is 23.0 Å². The Morgan fingerprint density at radius 1 is 1.39 bits per heavy atom. The Kier molecular flexibility index (Phi) is 5.50. The molecule has 1 aromatic carbocycles. The van der Waals surface area contributed by atoms with E-state index in [0.29, 0.717) is 34.3 Å². The number of anilines is 1. The van der Waals surface area contributed by atoms with Crippen LogP contribution in [0.5, 0.6) is 0 Å². The summed E-state index contributed by atoms with van der Waals surface area (Å²) in [7, 11) is 1.28. The fourth-order valence-corrected chi connectivity index (χ4v) is 2.50. The van der Waals surface area contributed by atoms with Gasteiger partial charge in [-0.2, -0.15) is 0 Å². The summed E-state index contributed by atoms with van der Waals surface area (Å²) in [6.07, 6.45) is 0.645. The highest BCUT2D eigenvalue weighted by molar-refractivity contribution is 6.30. The van der Waals surface area contributed by atoms with Gasteiger partial charge >= 0.3 is 5.97 Å². The zero-order valence-corrected chi connectivity index (χ0v) is 13.9. The Morgan fingerprint density at radius 2 is 2.13 bits per heavy atom. The lowest BCUT2D eigenvalue weighted by molar-refractivity contribution is 0.0600. The van der Waals surface area contributed by atoms with E-state index in [2.05, 4.69) is 20.0 Å². The van der Waals surface area contributed by atoms with Gasteiger partial charge in [-0.15, -0.1) is 0 Å². The van der Waals surface area contributed by atoms with Gasteiger partial charge in [-0.3, -0.25) is 0 Å². The molecule has 1 heterocycles. The lowest BCUT2D eigenvalue weighted by atomic mass is 10.1. The first kappa shape index (κ1) is 17.1. The van der Waals surface area contributed by atoms with E-state index in [-0.39, 0.29) is 6.54 Å². The van der Waals surface area contributed by atoms with Crippen LogP contribution in [0.3, 0.4) is 0 Å². The van der Waals surface area contributed by atoms with E-state index in [0.717, 1.165) is 5.56 Å². The molecule has 0 saturated carbocycles. The summed E-state index contributed by atoms with van der Waals surface area (Å²) in [6, 6.07) is 4.07. The molecule has 7 heteroatoms. The van der Waals surface area contributed by atoms with Gasteiger partial charge in [-0.1, -0.05) is 18.5 Å². The van der Waals surface area contributed by atoms with E-state index < -0.39 is 11.8 Å². The number of aromatic nitrogens is 2. The fraction of sp³-hybridized carbons (Fsp3) is 0.312. The second kappa shape index (κ2) is 7.37. The van der Waals surface area contributed by atoms with Crippen molar-refractivity contribution in [2.75, 3.05) is 12.4 Å². The van der Waals surface area contributed by atoms with Crippen molar-refractivity contribution in [3.8, 4) is 0 Å².